The normalized spacial score (nSPS) is 11.6. The number of pyridine rings is 1. The number of hydrogen-bond acceptors (Lipinski definition) is 4. The zero-order chi connectivity index (χ0) is 17.9. The number of benzene rings is 2. The first kappa shape index (κ1) is 17.1. The molecular weight excluding hydrogens is 338 g/mol. The fourth-order valence-electron chi connectivity index (χ4n) is 2.41. The van der Waals surface area contributed by atoms with Crippen molar-refractivity contribution in [3.8, 4) is 0 Å². The average molecular weight is 355 g/mol. The van der Waals surface area contributed by atoms with Gasteiger partial charge in [0.05, 0.1) is 11.4 Å². The molecule has 0 aliphatic heterocycles. The Labute approximate surface area is 146 Å². The molecule has 0 bridgehead atoms. The third-order valence-corrected chi connectivity index (χ3v) is 5.53. The molecule has 3 rings (SSSR count). The van der Waals surface area contributed by atoms with Gasteiger partial charge in [0.25, 0.3) is 0 Å². The van der Waals surface area contributed by atoms with Crippen LogP contribution in [0.15, 0.2) is 71.8 Å². The molecule has 0 radical (unpaired) electrons. The highest BCUT2D eigenvalue weighted by Crippen LogP contribution is 2.21. The lowest BCUT2D eigenvalue weighted by Gasteiger charge is -2.17. The van der Waals surface area contributed by atoms with Crippen molar-refractivity contribution in [1.82, 2.24) is 9.29 Å². The highest BCUT2D eigenvalue weighted by atomic mass is 32.2. The standard InChI is InChI=1S/C18H17N3O3S/c1-21(13-18(22)20-17-8-4-5-11-19-17)25(23,24)16-10-9-14-6-2-3-7-15(14)12-16/h2-12H,13H2,1H3,(H,19,20,22). The Hall–Kier alpha value is -2.77. The number of sulfonamides is 1. The van der Waals surface area contributed by atoms with Crippen molar-refractivity contribution < 1.29 is 13.2 Å². The number of nitrogens with zero attached hydrogens (tertiary/aromatic N) is 2. The lowest BCUT2D eigenvalue weighted by Crippen LogP contribution is -2.35. The molecule has 1 amide bonds. The van der Waals surface area contributed by atoms with E-state index in [4.69, 9.17) is 0 Å². The second-order valence-electron chi connectivity index (χ2n) is 5.53. The highest BCUT2D eigenvalue weighted by molar-refractivity contribution is 7.89. The van der Waals surface area contributed by atoms with Crippen LogP contribution in [0.25, 0.3) is 10.8 Å². The maximum atomic E-state index is 12.7. The Morgan fingerprint density at radius 1 is 1.04 bits per heavy atom. The van der Waals surface area contributed by atoms with Crippen molar-refractivity contribution in [2.45, 2.75) is 4.90 Å². The summed E-state index contributed by atoms with van der Waals surface area (Å²) in [4.78, 5) is 16.2. The molecule has 0 aliphatic carbocycles. The van der Waals surface area contributed by atoms with Crippen LogP contribution in [0.4, 0.5) is 5.82 Å². The maximum Gasteiger partial charge on any atom is 0.243 e. The van der Waals surface area contributed by atoms with Crippen LogP contribution in [0.1, 0.15) is 0 Å². The fourth-order valence-corrected chi connectivity index (χ4v) is 3.58. The summed E-state index contributed by atoms with van der Waals surface area (Å²) in [6.45, 7) is -0.300. The van der Waals surface area contributed by atoms with Gasteiger partial charge < -0.3 is 5.32 Å². The molecule has 6 nitrogen and oxygen atoms in total. The lowest BCUT2D eigenvalue weighted by molar-refractivity contribution is -0.116. The SMILES string of the molecule is CN(CC(=O)Nc1ccccn1)S(=O)(=O)c1ccc2ccccc2c1. The molecule has 0 spiro atoms. The van der Waals surface area contributed by atoms with E-state index >= 15 is 0 Å². The first-order valence-corrected chi connectivity index (χ1v) is 9.07. The van der Waals surface area contributed by atoms with Gasteiger partial charge in [-0.15, -0.1) is 0 Å². The summed E-state index contributed by atoms with van der Waals surface area (Å²) in [5, 5.41) is 4.35. The summed E-state index contributed by atoms with van der Waals surface area (Å²) in [5.41, 5.74) is 0. The van der Waals surface area contributed by atoms with Gasteiger partial charge in [0.15, 0.2) is 0 Å². The van der Waals surface area contributed by atoms with Crippen LogP contribution in [-0.4, -0.2) is 37.2 Å². The second kappa shape index (κ2) is 7.00. The molecule has 1 heterocycles. The first-order chi connectivity index (χ1) is 12.0. The van der Waals surface area contributed by atoms with Crippen LogP contribution in [0.3, 0.4) is 0 Å². The molecule has 1 N–H and O–H groups in total. The Kier molecular flexibility index (Phi) is 4.78. The number of carbonyl (C=O) groups is 1. The molecule has 128 valence electrons. The van der Waals surface area contributed by atoms with E-state index in [9.17, 15) is 13.2 Å². The summed E-state index contributed by atoms with van der Waals surface area (Å²) < 4.78 is 26.4. The van der Waals surface area contributed by atoms with Gasteiger partial charge in [0.1, 0.15) is 5.82 Å². The van der Waals surface area contributed by atoms with E-state index in [1.807, 2.05) is 24.3 Å². The smallest absolute Gasteiger partial charge is 0.243 e. The van der Waals surface area contributed by atoms with Gasteiger partial charge in [-0.25, -0.2) is 13.4 Å². The van der Waals surface area contributed by atoms with E-state index in [2.05, 4.69) is 10.3 Å². The quantitative estimate of drug-likeness (QED) is 0.763. The number of fused-ring (bicyclic) bond motifs is 1. The van der Waals surface area contributed by atoms with E-state index < -0.39 is 15.9 Å². The molecule has 3 aromatic rings. The summed E-state index contributed by atoms with van der Waals surface area (Å²) in [6, 6.07) is 17.5. The van der Waals surface area contributed by atoms with Gasteiger partial charge in [-0.3, -0.25) is 4.79 Å². The Bertz CT molecular complexity index is 1000. The van der Waals surface area contributed by atoms with E-state index in [0.717, 1.165) is 15.1 Å². The number of carbonyl (C=O) groups excluding carboxylic acids is 1. The van der Waals surface area contributed by atoms with Crippen molar-refractivity contribution in [2.24, 2.45) is 0 Å². The Morgan fingerprint density at radius 3 is 2.48 bits per heavy atom. The number of amides is 1. The van der Waals surface area contributed by atoms with Gasteiger partial charge in [-0.05, 0) is 35.0 Å². The number of nitrogens with one attached hydrogen (secondary N) is 1. The minimum atomic E-state index is -3.77. The number of rotatable bonds is 5. The minimum absolute atomic E-state index is 0.152. The van der Waals surface area contributed by atoms with Crippen molar-refractivity contribution >= 4 is 32.5 Å². The molecular formula is C18H17N3O3S. The maximum absolute atomic E-state index is 12.7. The third-order valence-electron chi connectivity index (χ3n) is 3.73. The van der Waals surface area contributed by atoms with Gasteiger partial charge in [-0.1, -0.05) is 36.4 Å². The summed E-state index contributed by atoms with van der Waals surface area (Å²) in [6.07, 6.45) is 1.55. The summed E-state index contributed by atoms with van der Waals surface area (Å²) in [7, 11) is -2.39. The van der Waals surface area contributed by atoms with Crippen LogP contribution < -0.4 is 5.32 Å². The molecule has 1 aromatic heterocycles. The van der Waals surface area contributed by atoms with E-state index in [-0.39, 0.29) is 11.4 Å². The first-order valence-electron chi connectivity index (χ1n) is 7.63. The van der Waals surface area contributed by atoms with Crippen molar-refractivity contribution in [2.75, 3.05) is 18.9 Å². The molecule has 0 atom stereocenters. The molecule has 7 heteroatoms. The molecule has 0 unspecified atom stereocenters. The predicted molar refractivity (Wildman–Crippen MR) is 96.6 cm³/mol. The van der Waals surface area contributed by atoms with Crippen LogP contribution in [0, 0.1) is 0 Å². The minimum Gasteiger partial charge on any atom is -0.310 e. The molecule has 25 heavy (non-hydrogen) atoms. The second-order valence-corrected chi connectivity index (χ2v) is 7.58. The predicted octanol–water partition coefficient (Wildman–Crippen LogP) is 2.49. The van der Waals surface area contributed by atoms with Crippen molar-refractivity contribution in [3.05, 3.63) is 66.9 Å². The van der Waals surface area contributed by atoms with Crippen LogP contribution in [0.2, 0.25) is 0 Å². The number of aromatic nitrogens is 1. The molecule has 2 aromatic carbocycles. The zero-order valence-electron chi connectivity index (χ0n) is 13.6. The largest absolute Gasteiger partial charge is 0.310 e. The average Bonchev–Trinajstić information content (AvgIpc) is 2.62. The number of likely N-dealkylation sites (N-methyl/N-ethyl adjacent to an activating group) is 1. The van der Waals surface area contributed by atoms with Crippen LogP contribution >= 0.6 is 0 Å². The lowest BCUT2D eigenvalue weighted by atomic mass is 10.1. The Morgan fingerprint density at radius 2 is 1.76 bits per heavy atom. The van der Waals surface area contributed by atoms with E-state index in [1.54, 1.807) is 42.6 Å². The molecule has 0 saturated heterocycles. The van der Waals surface area contributed by atoms with Crippen LogP contribution in [0.5, 0.6) is 0 Å². The fraction of sp³-hybridized carbons (Fsp3) is 0.111. The summed E-state index contributed by atoms with van der Waals surface area (Å²) >= 11 is 0. The number of anilines is 1. The third kappa shape index (κ3) is 3.84. The summed E-state index contributed by atoms with van der Waals surface area (Å²) in [5.74, 6) is -0.0745. The topological polar surface area (TPSA) is 79.4 Å². The molecule has 0 saturated carbocycles. The van der Waals surface area contributed by atoms with E-state index in [0.29, 0.717) is 5.82 Å². The molecule has 0 fully saturated rings. The van der Waals surface area contributed by atoms with Crippen molar-refractivity contribution in [1.29, 1.82) is 0 Å². The number of hydrogen-bond donors (Lipinski definition) is 1. The Balaban J connectivity index is 1.77. The van der Waals surface area contributed by atoms with Crippen LogP contribution in [-0.2, 0) is 14.8 Å². The zero-order valence-corrected chi connectivity index (χ0v) is 14.4. The van der Waals surface area contributed by atoms with Gasteiger partial charge in [0.2, 0.25) is 15.9 Å². The highest BCUT2D eigenvalue weighted by Gasteiger charge is 2.23. The van der Waals surface area contributed by atoms with Crippen molar-refractivity contribution in [3.63, 3.8) is 0 Å². The van der Waals surface area contributed by atoms with Gasteiger partial charge in [0, 0.05) is 13.2 Å². The van der Waals surface area contributed by atoms with Gasteiger partial charge >= 0.3 is 0 Å². The molecule has 0 aliphatic rings. The van der Waals surface area contributed by atoms with E-state index in [1.165, 1.54) is 7.05 Å². The van der Waals surface area contributed by atoms with Gasteiger partial charge in [-0.2, -0.15) is 4.31 Å². The monoisotopic (exact) mass is 355 g/mol.